The Morgan fingerprint density at radius 3 is 2.40 bits per heavy atom. The third-order valence-corrected chi connectivity index (χ3v) is 1.77. The van der Waals surface area contributed by atoms with Crippen molar-refractivity contribution in [3.63, 3.8) is 0 Å². The van der Waals surface area contributed by atoms with Gasteiger partial charge in [-0.1, -0.05) is 64.8 Å². The van der Waals surface area contributed by atoms with Crippen LogP contribution in [0.25, 0.3) is 0 Å². The van der Waals surface area contributed by atoms with E-state index in [9.17, 15) is 0 Å². The molecule has 0 heterocycles. The van der Waals surface area contributed by atoms with Crippen LogP contribution in [0.2, 0.25) is 0 Å². The van der Waals surface area contributed by atoms with E-state index in [1.165, 1.54) is 0 Å². The predicted molar refractivity (Wildman–Crippen MR) is 64.4 cm³/mol. The highest BCUT2D eigenvalue weighted by atomic mass is 35.6. The lowest BCUT2D eigenvalue weighted by Gasteiger charge is -2.08. The quantitative estimate of drug-likeness (QED) is 0.451. The molecule has 0 atom stereocenters. The van der Waals surface area contributed by atoms with Gasteiger partial charge in [0.15, 0.2) is 0 Å². The molecular formula is C11H9Cl3O. The largest absolute Gasteiger partial charge is 0.364 e. The first kappa shape index (κ1) is 12.7. The molecule has 0 aliphatic carbocycles. The lowest BCUT2D eigenvalue weighted by atomic mass is 10.2. The van der Waals surface area contributed by atoms with Crippen LogP contribution in [0, 0.1) is 11.8 Å². The summed E-state index contributed by atoms with van der Waals surface area (Å²) in [6.45, 7) is 0.296. The second-order valence-electron chi connectivity index (χ2n) is 2.78. The van der Waals surface area contributed by atoms with E-state index in [4.69, 9.17) is 39.5 Å². The number of benzene rings is 1. The lowest BCUT2D eigenvalue weighted by Crippen LogP contribution is -2.12. The molecule has 0 unspecified atom stereocenters. The zero-order valence-corrected chi connectivity index (χ0v) is 10.1. The molecule has 1 nitrogen and oxygen atoms in total. The lowest BCUT2D eigenvalue weighted by molar-refractivity contribution is 0.173. The minimum Gasteiger partial charge on any atom is -0.364 e. The van der Waals surface area contributed by atoms with Gasteiger partial charge in [0.05, 0.1) is 6.61 Å². The summed E-state index contributed by atoms with van der Waals surface area (Å²) in [5.41, 5.74) is 0.940. The Kier molecular flexibility index (Phi) is 5.28. The van der Waals surface area contributed by atoms with Gasteiger partial charge in [0.1, 0.15) is 6.61 Å². The van der Waals surface area contributed by atoms with E-state index in [0.29, 0.717) is 0 Å². The molecule has 0 saturated carbocycles. The van der Waals surface area contributed by atoms with Crippen LogP contribution in [0.4, 0.5) is 0 Å². The van der Waals surface area contributed by atoms with Gasteiger partial charge in [-0.2, -0.15) is 0 Å². The highest BCUT2D eigenvalue weighted by molar-refractivity contribution is 6.67. The molecule has 0 spiro atoms. The summed E-state index contributed by atoms with van der Waals surface area (Å²) in [5.74, 6) is 5.75. The molecule has 15 heavy (non-hydrogen) atoms. The SMILES string of the molecule is ClC(Cl)(Cl)COCC#Cc1ccccc1. The van der Waals surface area contributed by atoms with Crippen LogP contribution in [-0.4, -0.2) is 17.0 Å². The van der Waals surface area contributed by atoms with Gasteiger partial charge in [0.25, 0.3) is 0 Å². The fourth-order valence-corrected chi connectivity index (χ4v) is 1.11. The van der Waals surface area contributed by atoms with Gasteiger partial charge >= 0.3 is 0 Å². The Hall–Kier alpha value is -0.390. The summed E-state index contributed by atoms with van der Waals surface area (Å²) >= 11 is 16.5. The molecule has 1 aromatic rings. The van der Waals surface area contributed by atoms with Gasteiger partial charge in [0.2, 0.25) is 3.79 Å². The summed E-state index contributed by atoms with van der Waals surface area (Å²) in [4.78, 5) is 0. The third-order valence-electron chi connectivity index (χ3n) is 1.45. The highest BCUT2D eigenvalue weighted by Crippen LogP contribution is 2.25. The van der Waals surface area contributed by atoms with Gasteiger partial charge in [-0.25, -0.2) is 0 Å². The highest BCUT2D eigenvalue weighted by Gasteiger charge is 2.18. The zero-order valence-electron chi connectivity index (χ0n) is 7.84. The third kappa shape index (κ3) is 6.65. The van der Waals surface area contributed by atoms with E-state index in [1.807, 2.05) is 30.3 Å². The summed E-state index contributed by atoms with van der Waals surface area (Å²) < 4.78 is 3.68. The van der Waals surface area contributed by atoms with E-state index in [2.05, 4.69) is 11.8 Å². The van der Waals surface area contributed by atoms with Crippen molar-refractivity contribution < 1.29 is 4.74 Å². The van der Waals surface area contributed by atoms with Crippen molar-refractivity contribution in [3.05, 3.63) is 35.9 Å². The van der Waals surface area contributed by atoms with Gasteiger partial charge < -0.3 is 4.74 Å². The van der Waals surface area contributed by atoms with E-state index in [1.54, 1.807) is 0 Å². The normalized spacial score (nSPS) is 10.6. The molecule has 1 aromatic carbocycles. The van der Waals surface area contributed by atoms with Crippen molar-refractivity contribution in [1.82, 2.24) is 0 Å². The molecule has 80 valence electrons. The van der Waals surface area contributed by atoms with E-state index in [-0.39, 0.29) is 13.2 Å². The number of halogens is 3. The molecule has 0 saturated heterocycles. The zero-order chi connectivity index (χ0) is 11.1. The first-order valence-corrected chi connectivity index (χ1v) is 5.40. The van der Waals surface area contributed by atoms with E-state index in [0.717, 1.165) is 5.56 Å². The minimum atomic E-state index is -1.37. The van der Waals surface area contributed by atoms with E-state index < -0.39 is 3.79 Å². The van der Waals surface area contributed by atoms with Crippen molar-refractivity contribution in [3.8, 4) is 11.8 Å². The van der Waals surface area contributed by atoms with Gasteiger partial charge in [-0.05, 0) is 12.1 Å². The van der Waals surface area contributed by atoms with Crippen molar-refractivity contribution in [1.29, 1.82) is 0 Å². The Morgan fingerprint density at radius 1 is 1.13 bits per heavy atom. The van der Waals surface area contributed by atoms with Crippen molar-refractivity contribution in [2.75, 3.05) is 13.2 Å². The molecule has 0 aliphatic heterocycles. The Labute approximate surface area is 104 Å². The standard InChI is InChI=1S/C11H9Cl3O/c12-11(13,14)9-15-8-4-7-10-5-2-1-3-6-10/h1-3,5-6H,8-9H2. The second-order valence-corrected chi connectivity index (χ2v) is 5.29. The summed E-state index contributed by atoms with van der Waals surface area (Å²) in [5, 5.41) is 0. The Bertz CT molecular complexity index is 346. The fourth-order valence-electron chi connectivity index (χ4n) is 0.877. The monoisotopic (exact) mass is 262 g/mol. The molecule has 0 fully saturated rings. The van der Waals surface area contributed by atoms with Crippen molar-refractivity contribution in [2.24, 2.45) is 0 Å². The van der Waals surface area contributed by atoms with Gasteiger partial charge in [0, 0.05) is 5.56 Å². The van der Waals surface area contributed by atoms with Crippen LogP contribution < -0.4 is 0 Å². The number of alkyl halides is 3. The molecule has 0 aliphatic rings. The van der Waals surface area contributed by atoms with Crippen LogP contribution in [0.1, 0.15) is 5.56 Å². The second kappa shape index (κ2) is 6.25. The average molecular weight is 264 g/mol. The van der Waals surface area contributed by atoms with E-state index >= 15 is 0 Å². The predicted octanol–water partition coefficient (Wildman–Crippen LogP) is 3.42. The fraction of sp³-hybridized carbons (Fsp3) is 0.273. The molecule has 1 rings (SSSR count). The van der Waals surface area contributed by atoms with Crippen LogP contribution in [0.3, 0.4) is 0 Å². The maximum atomic E-state index is 5.49. The average Bonchev–Trinajstić information content (AvgIpc) is 2.17. The number of hydrogen-bond donors (Lipinski definition) is 0. The Morgan fingerprint density at radius 2 is 1.80 bits per heavy atom. The summed E-state index contributed by atoms with van der Waals surface area (Å²) in [6.07, 6.45) is 0. The molecule has 4 heteroatoms. The molecule has 0 aromatic heterocycles. The number of rotatable bonds is 2. The summed E-state index contributed by atoms with van der Waals surface area (Å²) in [6, 6.07) is 9.62. The van der Waals surface area contributed by atoms with Crippen LogP contribution in [-0.2, 0) is 4.74 Å². The van der Waals surface area contributed by atoms with Crippen LogP contribution in [0.15, 0.2) is 30.3 Å². The Balaban J connectivity index is 2.30. The number of hydrogen-bond acceptors (Lipinski definition) is 1. The van der Waals surface area contributed by atoms with Crippen molar-refractivity contribution in [2.45, 2.75) is 3.79 Å². The minimum absolute atomic E-state index is 0.0428. The van der Waals surface area contributed by atoms with Crippen LogP contribution >= 0.6 is 34.8 Å². The molecule has 0 N–H and O–H groups in total. The molecular weight excluding hydrogens is 254 g/mol. The molecule has 0 amide bonds. The van der Waals surface area contributed by atoms with Crippen molar-refractivity contribution >= 4 is 34.8 Å². The van der Waals surface area contributed by atoms with Gasteiger partial charge in [-0.15, -0.1) is 0 Å². The topological polar surface area (TPSA) is 9.23 Å². The number of ether oxygens (including phenoxy) is 1. The smallest absolute Gasteiger partial charge is 0.213 e. The molecule has 0 radical (unpaired) electrons. The maximum Gasteiger partial charge on any atom is 0.213 e. The first-order chi connectivity index (χ1) is 7.08. The first-order valence-electron chi connectivity index (χ1n) is 4.26. The van der Waals surface area contributed by atoms with Crippen LogP contribution in [0.5, 0.6) is 0 Å². The maximum absolute atomic E-state index is 5.49. The molecule has 0 bridgehead atoms. The summed E-state index contributed by atoms with van der Waals surface area (Å²) in [7, 11) is 0. The van der Waals surface area contributed by atoms with Gasteiger partial charge in [-0.3, -0.25) is 0 Å².